The fraction of sp³-hybridized carbons (Fsp3) is 0.526. The fourth-order valence-corrected chi connectivity index (χ4v) is 4.84. The molecule has 3 saturated heterocycles. The summed E-state index contributed by atoms with van der Waals surface area (Å²) in [5, 5.41) is 14.7. The zero-order valence-electron chi connectivity index (χ0n) is 24.9. The van der Waals surface area contributed by atoms with E-state index in [0.717, 1.165) is 29.7 Å². The van der Waals surface area contributed by atoms with Gasteiger partial charge in [0.15, 0.2) is 0 Å². The van der Waals surface area contributed by atoms with Gasteiger partial charge in [0.05, 0.1) is 33.4 Å². The molecule has 3 aliphatic rings. The molecule has 0 radical (unpaired) electrons. The molecule has 2 aromatic heterocycles. The van der Waals surface area contributed by atoms with Crippen LogP contribution in [0.25, 0.3) is 0 Å². The van der Waals surface area contributed by atoms with E-state index >= 15 is 0 Å². The van der Waals surface area contributed by atoms with E-state index in [-0.39, 0.29) is 26.7 Å². The minimum Gasteiger partial charge on any atom is -1.00 e. The third kappa shape index (κ3) is 2.84. The third-order valence-corrected chi connectivity index (χ3v) is 6.46. The van der Waals surface area contributed by atoms with Crippen molar-refractivity contribution in [2.24, 2.45) is 0 Å². The molecule has 0 aromatic carbocycles. The van der Waals surface area contributed by atoms with E-state index in [1.807, 2.05) is 0 Å². The number of likely N-dealkylation sites (N-methyl/N-ethyl adjacent to an activating group) is 1. The Morgan fingerprint density at radius 3 is 2.33 bits per heavy atom. The third-order valence-electron chi connectivity index (χ3n) is 4.50. The largest absolute Gasteiger partial charge is 1.00 e. The van der Waals surface area contributed by atoms with Crippen molar-refractivity contribution in [1.29, 1.82) is 0 Å². The number of epoxide rings is 1. The summed E-state index contributed by atoms with van der Waals surface area (Å²) in [5.74, 6) is -1.51. The van der Waals surface area contributed by atoms with E-state index in [4.69, 9.17) is 24.6 Å². The van der Waals surface area contributed by atoms with Crippen LogP contribution in [0.1, 0.15) is 37.6 Å². The van der Waals surface area contributed by atoms with Crippen molar-refractivity contribution in [2.75, 3.05) is 14.0 Å². The van der Waals surface area contributed by atoms with Crippen molar-refractivity contribution in [3.63, 3.8) is 0 Å². The molecule has 2 bridgehead atoms. The van der Waals surface area contributed by atoms with Gasteiger partial charge in [0, 0.05) is 18.2 Å². The van der Waals surface area contributed by atoms with Crippen molar-refractivity contribution in [3.05, 3.63) is 44.8 Å². The second-order valence-electron chi connectivity index (χ2n) is 6.20. The molecule has 2 aromatic rings. The maximum atomic E-state index is 13.6. The van der Waals surface area contributed by atoms with Gasteiger partial charge in [0.1, 0.15) is 30.3 Å². The fourth-order valence-electron chi connectivity index (χ4n) is 3.12. The summed E-state index contributed by atoms with van der Waals surface area (Å²) in [6.07, 6.45) is -15.6. The number of carbonyl (C=O) groups excluding carboxylic acids is 1. The Balaban J connectivity index is 0.00000336. The molecule has 0 aliphatic carbocycles. The predicted molar refractivity (Wildman–Crippen MR) is 99.1 cm³/mol. The Kier molecular flexibility index (Phi) is 2.54. The summed E-state index contributed by atoms with van der Waals surface area (Å²) in [6.45, 7) is -3.45. The van der Waals surface area contributed by atoms with Gasteiger partial charge in [-0.3, -0.25) is 0 Å². The number of thiophene rings is 2. The van der Waals surface area contributed by atoms with Crippen molar-refractivity contribution < 1.29 is 55.9 Å². The number of aliphatic hydroxyl groups is 1. The van der Waals surface area contributed by atoms with Crippen LogP contribution in [0.4, 0.5) is 0 Å². The SMILES string of the molecule is [2H]C1([2H])C(OC(=O)C(O)(c2cccs2)c2cccs2)C([2H])([2H])C2([2H])C3([2H])OC3([2H])C1([2H])[N+]2(C)C([2H])([2H])[2H].[Br-]. The smallest absolute Gasteiger partial charge is 0.349 e. The number of esters is 1. The highest BCUT2D eigenvalue weighted by molar-refractivity contribution is 7.12. The Morgan fingerprint density at radius 2 is 1.89 bits per heavy atom. The number of piperidine rings is 1. The molecule has 5 nitrogen and oxygen atoms in total. The van der Waals surface area contributed by atoms with Crippen LogP contribution in [0.3, 0.4) is 0 Å². The van der Waals surface area contributed by atoms with Crippen LogP contribution in [0, 0.1) is 0 Å². The number of halogens is 1. The highest BCUT2D eigenvalue weighted by Crippen LogP contribution is 2.52. The molecule has 3 aliphatic heterocycles. The number of hydrogen-bond donors (Lipinski definition) is 1. The first-order valence-electron chi connectivity index (χ1n) is 13.3. The Bertz CT molecular complexity index is 1200. The monoisotopic (exact) mass is 482 g/mol. The van der Waals surface area contributed by atoms with Gasteiger partial charge in [0.25, 0.3) is 0 Å². The minimum absolute atomic E-state index is 0. The van der Waals surface area contributed by atoms with Crippen LogP contribution in [0.5, 0.6) is 0 Å². The molecule has 1 N–H and O–H groups in total. The van der Waals surface area contributed by atoms with Crippen molar-refractivity contribution in [3.8, 4) is 0 Å². The molecule has 146 valence electrons. The second kappa shape index (κ2) is 6.64. The van der Waals surface area contributed by atoms with Crippen LogP contribution in [0.2, 0.25) is 0 Å². The maximum Gasteiger partial charge on any atom is 0.349 e. The van der Waals surface area contributed by atoms with E-state index in [9.17, 15) is 9.90 Å². The maximum absolute atomic E-state index is 13.6. The molecule has 8 heteroatoms. The lowest BCUT2D eigenvalue weighted by molar-refractivity contribution is -0.938. The molecular weight excluding hydrogens is 450 g/mol. The molecule has 5 heterocycles. The standard InChI is InChI=1S/C19H22NO4S2.BrH/c1-20(2)12-9-11(10-13(20)17-16(12)24-17)23-18(21)19(22,14-5-3-7-25-14)15-6-4-8-26-15;/h3-8,11-13,16-17,22H,9-10H2,1-2H3;1H/q+1;/p-1/i1D3,9D2,10D2,12D,13D,16D,17D;. The van der Waals surface area contributed by atoms with Gasteiger partial charge in [-0.05, 0) is 22.9 Å². The molecule has 4 atom stereocenters. The van der Waals surface area contributed by atoms with Crippen LogP contribution < -0.4 is 17.0 Å². The first kappa shape index (κ1) is 10.3. The summed E-state index contributed by atoms with van der Waals surface area (Å²) >= 11 is 1.95. The van der Waals surface area contributed by atoms with E-state index in [1.165, 1.54) is 12.1 Å². The number of morpholine rings is 1. The van der Waals surface area contributed by atoms with Gasteiger partial charge in [-0.1, -0.05) is 12.1 Å². The highest BCUT2D eigenvalue weighted by Gasteiger charge is 2.71. The van der Waals surface area contributed by atoms with Gasteiger partial charge >= 0.3 is 5.97 Å². The lowest BCUT2D eigenvalue weighted by Gasteiger charge is -2.45. The number of quaternary nitrogens is 1. The van der Waals surface area contributed by atoms with Crippen LogP contribution in [0.15, 0.2) is 35.0 Å². The topological polar surface area (TPSA) is 59.1 Å². The molecular formula is C19H22BrNO4S2. The normalized spacial score (nSPS) is 57.7. The molecule has 0 spiro atoms. The van der Waals surface area contributed by atoms with E-state index in [0.29, 0.717) is 0 Å². The molecule has 27 heavy (non-hydrogen) atoms. The molecule has 3 fully saturated rings. The van der Waals surface area contributed by atoms with Crippen molar-refractivity contribution >= 4 is 28.6 Å². The average Bonchev–Trinajstić information content (AvgIpc) is 3.31. The van der Waals surface area contributed by atoms with E-state index < -0.39 is 66.1 Å². The first-order chi connectivity index (χ1) is 16.7. The minimum atomic E-state index is -3.49. The van der Waals surface area contributed by atoms with E-state index in [2.05, 4.69) is 0 Å². The Hall–Kier alpha value is -0.770. The predicted octanol–water partition coefficient (Wildman–Crippen LogP) is -0.650. The number of hydrogen-bond acceptors (Lipinski definition) is 6. The molecule has 0 saturated carbocycles. The van der Waals surface area contributed by atoms with Crippen molar-refractivity contribution in [2.45, 2.75) is 48.6 Å². The Morgan fingerprint density at radius 1 is 1.33 bits per heavy atom. The van der Waals surface area contributed by atoms with Gasteiger partial charge in [-0.25, -0.2) is 4.79 Å². The average molecular weight is 483 g/mol. The first-order valence-corrected chi connectivity index (χ1v) is 9.52. The molecule has 4 unspecified atom stereocenters. The van der Waals surface area contributed by atoms with Crippen LogP contribution >= 0.6 is 22.7 Å². The summed E-state index contributed by atoms with van der Waals surface area (Å²) in [7, 11) is 0.733. The van der Waals surface area contributed by atoms with Crippen molar-refractivity contribution in [1.82, 2.24) is 0 Å². The van der Waals surface area contributed by atoms with E-state index in [1.54, 1.807) is 22.9 Å². The number of nitrogens with zero attached hydrogens (tertiary/aromatic N) is 1. The summed E-state index contributed by atoms with van der Waals surface area (Å²) in [4.78, 5) is 13.7. The van der Waals surface area contributed by atoms with Gasteiger partial charge in [0.2, 0.25) is 5.60 Å². The van der Waals surface area contributed by atoms with Crippen LogP contribution in [-0.4, -0.2) is 59.9 Å². The van der Waals surface area contributed by atoms with Gasteiger partial charge in [-0.2, -0.15) is 0 Å². The zero-order valence-corrected chi connectivity index (χ0v) is 17.1. The lowest BCUT2D eigenvalue weighted by Crippen LogP contribution is -3.00. The number of rotatable bonds is 4. The summed E-state index contributed by atoms with van der Waals surface area (Å²) in [5.41, 5.74) is -2.51. The Labute approximate surface area is 192 Å². The summed E-state index contributed by atoms with van der Waals surface area (Å²) < 4.78 is 103. The second-order valence-corrected chi connectivity index (χ2v) is 8.10. The number of fused-ring (bicyclic) bond motifs is 5. The zero-order chi connectivity index (χ0) is 27.9. The number of ether oxygens (including phenoxy) is 2. The molecule has 0 amide bonds. The summed E-state index contributed by atoms with van der Waals surface area (Å²) in [6, 6.07) is -0.729. The van der Waals surface area contributed by atoms with Crippen LogP contribution in [-0.2, 0) is 19.9 Å². The van der Waals surface area contributed by atoms with Gasteiger partial charge < -0.3 is 36.0 Å². The number of carbonyl (C=O) groups is 1. The molecule has 5 rings (SSSR count). The quantitative estimate of drug-likeness (QED) is 0.357. The lowest BCUT2D eigenvalue weighted by atomic mass is 9.95. The van der Waals surface area contributed by atoms with Gasteiger partial charge in [-0.15, -0.1) is 22.7 Å². The highest BCUT2D eigenvalue weighted by atomic mass is 79.9.